The molecule has 0 saturated heterocycles. The Morgan fingerprint density at radius 3 is 2.60 bits per heavy atom. The lowest BCUT2D eigenvalue weighted by Crippen LogP contribution is -2.61. The van der Waals surface area contributed by atoms with E-state index in [2.05, 4.69) is 10.4 Å². The van der Waals surface area contributed by atoms with Crippen LogP contribution in [0.4, 0.5) is 8.78 Å². The Hall–Kier alpha value is -1.50. The molecule has 1 fully saturated rings. The van der Waals surface area contributed by atoms with Crippen molar-refractivity contribution in [2.75, 3.05) is 6.54 Å². The van der Waals surface area contributed by atoms with Gasteiger partial charge in [-0.3, -0.25) is 9.48 Å². The third kappa shape index (κ3) is 2.42. The normalized spacial score (nSPS) is 18.4. The van der Waals surface area contributed by atoms with E-state index in [4.69, 9.17) is 0 Å². The highest BCUT2D eigenvalue weighted by Crippen LogP contribution is 2.44. The summed E-state index contributed by atoms with van der Waals surface area (Å²) in [7, 11) is 0. The number of hydrogen-bond acceptors (Lipinski definition) is 3. The van der Waals surface area contributed by atoms with Gasteiger partial charge >= 0.3 is 5.92 Å². The maximum atomic E-state index is 13.9. The second kappa shape index (κ2) is 4.80. The quantitative estimate of drug-likeness (QED) is 0.857. The third-order valence-electron chi connectivity index (χ3n) is 3.86. The molecule has 7 heteroatoms. The molecule has 1 heterocycles. The predicted octanol–water partition coefficient (Wildman–Crippen LogP) is 1.28. The zero-order chi connectivity index (χ0) is 15.0. The van der Waals surface area contributed by atoms with E-state index in [0.29, 0.717) is 6.42 Å². The van der Waals surface area contributed by atoms with Crippen molar-refractivity contribution in [1.29, 1.82) is 0 Å². The summed E-state index contributed by atoms with van der Waals surface area (Å²) in [6.07, 6.45) is 3.70. The molecule has 0 atom stereocenters. The summed E-state index contributed by atoms with van der Waals surface area (Å²) >= 11 is 0. The first-order valence-corrected chi connectivity index (χ1v) is 6.58. The molecule has 1 aromatic rings. The summed E-state index contributed by atoms with van der Waals surface area (Å²) in [6.45, 7) is 3.55. The van der Waals surface area contributed by atoms with Gasteiger partial charge in [0, 0.05) is 18.9 Å². The molecule has 0 radical (unpaired) electrons. The van der Waals surface area contributed by atoms with E-state index in [-0.39, 0.29) is 19.4 Å². The van der Waals surface area contributed by atoms with Crippen LogP contribution in [0.3, 0.4) is 0 Å². The van der Waals surface area contributed by atoms with Gasteiger partial charge in [0.2, 0.25) is 0 Å². The lowest BCUT2D eigenvalue weighted by atomic mass is 9.75. The molecule has 0 unspecified atom stereocenters. The van der Waals surface area contributed by atoms with Crippen LogP contribution in [0, 0.1) is 0 Å². The number of aliphatic hydroxyl groups is 1. The molecule has 1 aromatic heterocycles. The van der Waals surface area contributed by atoms with Crippen LogP contribution in [0.25, 0.3) is 0 Å². The highest BCUT2D eigenvalue weighted by Gasteiger charge is 2.61. The van der Waals surface area contributed by atoms with Crippen LogP contribution in [-0.2, 0) is 10.3 Å². The van der Waals surface area contributed by atoms with Gasteiger partial charge in [0.15, 0.2) is 0 Å². The van der Waals surface area contributed by atoms with Gasteiger partial charge in [-0.15, -0.1) is 0 Å². The number of nitrogens with zero attached hydrogens (tertiary/aromatic N) is 2. The van der Waals surface area contributed by atoms with Gasteiger partial charge < -0.3 is 10.4 Å². The number of hydrogen-bond donors (Lipinski definition) is 2. The molecular formula is C13H19F2N3O2. The van der Waals surface area contributed by atoms with Crippen LogP contribution in [0.2, 0.25) is 0 Å². The Morgan fingerprint density at radius 1 is 1.50 bits per heavy atom. The molecule has 2 rings (SSSR count). The molecule has 0 aliphatic heterocycles. The number of alkyl halides is 2. The van der Waals surface area contributed by atoms with E-state index in [1.807, 2.05) is 0 Å². The SMILES string of the molecule is CC(C)(CNC(=O)C(F)(F)C1(O)CCC1)n1cccn1. The Bertz CT molecular complexity index is 482. The Kier molecular flexibility index (Phi) is 3.58. The van der Waals surface area contributed by atoms with Gasteiger partial charge in [0.25, 0.3) is 5.91 Å². The van der Waals surface area contributed by atoms with Crippen molar-refractivity contribution >= 4 is 5.91 Å². The molecule has 1 aliphatic carbocycles. The summed E-state index contributed by atoms with van der Waals surface area (Å²) in [4.78, 5) is 11.7. The zero-order valence-corrected chi connectivity index (χ0v) is 11.6. The zero-order valence-electron chi connectivity index (χ0n) is 11.6. The summed E-state index contributed by atoms with van der Waals surface area (Å²) in [5.41, 5.74) is -2.82. The minimum Gasteiger partial charge on any atom is -0.383 e. The second-order valence-corrected chi connectivity index (χ2v) is 5.91. The van der Waals surface area contributed by atoms with Gasteiger partial charge in [-0.05, 0) is 39.2 Å². The van der Waals surface area contributed by atoms with Gasteiger partial charge in [-0.1, -0.05) is 0 Å². The number of carbonyl (C=O) groups is 1. The first-order chi connectivity index (χ1) is 9.19. The van der Waals surface area contributed by atoms with Gasteiger partial charge in [-0.2, -0.15) is 13.9 Å². The molecular weight excluding hydrogens is 268 g/mol. The van der Waals surface area contributed by atoms with Gasteiger partial charge in [0.1, 0.15) is 5.60 Å². The predicted molar refractivity (Wildman–Crippen MR) is 68.3 cm³/mol. The topological polar surface area (TPSA) is 67.2 Å². The maximum Gasteiger partial charge on any atom is 0.352 e. The molecule has 2 N–H and O–H groups in total. The number of carbonyl (C=O) groups excluding carboxylic acids is 1. The van der Waals surface area contributed by atoms with Gasteiger partial charge in [0.05, 0.1) is 5.54 Å². The summed E-state index contributed by atoms with van der Waals surface area (Å²) in [5, 5.41) is 15.9. The van der Waals surface area contributed by atoms with Crippen molar-refractivity contribution in [1.82, 2.24) is 15.1 Å². The average molecular weight is 287 g/mol. The summed E-state index contributed by atoms with van der Waals surface area (Å²) < 4.78 is 29.3. The molecule has 1 aliphatic rings. The van der Waals surface area contributed by atoms with Crippen molar-refractivity contribution in [3.63, 3.8) is 0 Å². The van der Waals surface area contributed by atoms with E-state index >= 15 is 0 Å². The summed E-state index contributed by atoms with van der Waals surface area (Å²) in [6, 6.07) is 1.72. The highest BCUT2D eigenvalue weighted by molar-refractivity contribution is 5.85. The lowest BCUT2D eigenvalue weighted by Gasteiger charge is -2.41. The molecule has 5 nitrogen and oxygen atoms in total. The Balaban J connectivity index is 1.98. The smallest absolute Gasteiger partial charge is 0.352 e. The van der Waals surface area contributed by atoms with E-state index in [1.54, 1.807) is 37.0 Å². The fourth-order valence-corrected chi connectivity index (χ4v) is 2.15. The summed E-state index contributed by atoms with van der Waals surface area (Å²) in [5.74, 6) is -5.19. The van der Waals surface area contributed by atoms with Crippen LogP contribution in [0.15, 0.2) is 18.5 Å². The molecule has 1 amide bonds. The van der Waals surface area contributed by atoms with E-state index < -0.39 is 23.0 Å². The number of halogens is 2. The van der Waals surface area contributed by atoms with E-state index in [0.717, 1.165) is 0 Å². The molecule has 1 saturated carbocycles. The van der Waals surface area contributed by atoms with Crippen LogP contribution in [-0.4, -0.2) is 38.9 Å². The standard InChI is InChI=1S/C13H19F2N3O2/c1-11(2,18-8-4-7-17-18)9-16-10(19)13(14,15)12(20)5-3-6-12/h4,7-8,20H,3,5-6,9H2,1-2H3,(H,16,19). The van der Waals surface area contributed by atoms with Crippen molar-refractivity contribution in [3.05, 3.63) is 18.5 Å². The van der Waals surface area contributed by atoms with Crippen LogP contribution in [0.1, 0.15) is 33.1 Å². The third-order valence-corrected chi connectivity index (χ3v) is 3.86. The number of nitrogens with one attached hydrogen (secondary N) is 1. The maximum absolute atomic E-state index is 13.9. The van der Waals surface area contributed by atoms with E-state index in [1.165, 1.54) is 0 Å². The fraction of sp³-hybridized carbons (Fsp3) is 0.692. The van der Waals surface area contributed by atoms with Crippen molar-refractivity contribution in [2.24, 2.45) is 0 Å². The minimum absolute atomic E-state index is 0.000810. The minimum atomic E-state index is -3.76. The van der Waals surface area contributed by atoms with Crippen molar-refractivity contribution < 1.29 is 18.7 Å². The first-order valence-electron chi connectivity index (χ1n) is 6.58. The largest absolute Gasteiger partial charge is 0.383 e. The molecule has 20 heavy (non-hydrogen) atoms. The van der Waals surface area contributed by atoms with Gasteiger partial charge in [-0.25, -0.2) is 0 Å². The number of aromatic nitrogens is 2. The van der Waals surface area contributed by atoms with Crippen LogP contribution >= 0.6 is 0 Å². The number of amides is 1. The molecule has 0 aromatic carbocycles. The second-order valence-electron chi connectivity index (χ2n) is 5.91. The highest BCUT2D eigenvalue weighted by atomic mass is 19.3. The van der Waals surface area contributed by atoms with Crippen LogP contribution in [0.5, 0.6) is 0 Å². The van der Waals surface area contributed by atoms with E-state index in [9.17, 15) is 18.7 Å². The number of rotatable bonds is 5. The van der Waals surface area contributed by atoms with Crippen LogP contribution < -0.4 is 5.32 Å². The lowest BCUT2D eigenvalue weighted by molar-refractivity contribution is -0.216. The monoisotopic (exact) mass is 287 g/mol. The molecule has 0 spiro atoms. The Labute approximate surface area is 116 Å². The molecule has 112 valence electrons. The Morgan fingerprint density at radius 2 is 2.15 bits per heavy atom. The van der Waals surface area contributed by atoms with Crippen molar-refractivity contribution in [2.45, 2.75) is 50.2 Å². The van der Waals surface area contributed by atoms with Crippen molar-refractivity contribution in [3.8, 4) is 0 Å². The first kappa shape index (κ1) is 14.9. The fourth-order valence-electron chi connectivity index (χ4n) is 2.15. The average Bonchev–Trinajstić information content (AvgIpc) is 2.87. The molecule has 0 bridgehead atoms.